The normalized spacial score (nSPS) is 12.7. The lowest BCUT2D eigenvalue weighted by molar-refractivity contribution is -0.275. The highest BCUT2D eigenvalue weighted by Crippen LogP contribution is 2.28. The van der Waals surface area contributed by atoms with Crippen molar-refractivity contribution < 1.29 is 22.3 Å². The summed E-state index contributed by atoms with van der Waals surface area (Å²) >= 11 is 0. The highest BCUT2D eigenvalue weighted by molar-refractivity contribution is 5.85. The van der Waals surface area contributed by atoms with Gasteiger partial charge in [-0.2, -0.15) is 0 Å². The van der Waals surface area contributed by atoms with E-state index in [1.165, 1.54) is 6.07 Å². The van der Waals surface area contributed by atoms with Crippen LogP contribution in [0.2, 0.25) is 0 Å². The van der Waals surface area contributed by atoms with E-state index in [1.807, 2.05) is 0 Å². The summed E-state index contributed by atoms with van der Waals surface area (Å²) in [7, 11) is 0. The van der Waals surface area contributed by atoms with E-state index in [1.54, 1.807) is 0 Å². The molecule has 4 N–H and O–H groups in total. The highest BCUT2D eigenvalue weighted by Gasteiger charge is 2.32. The fourth-order valence-corrected chi connectivity index (χ4v) is 1.63. The Hall–Kier alpha value is -1.05. The zero-order valence-corrected chi connectivity index (χ0v) is 11.4. The standard InChI is InChI=1S/C12H16F4N2O.ClH/c13-9-7-8(10(18)3-1-2-6-17)4-5-11(9)19-12(14,15)16;/h4-5,7,10H,1-3,6,17-18H2;1H/t10-;/m1./s1. The molecule has 0 aliphatic carbocycles. The van der Waals surface area contributed by atoms with E-state index in [4.69, 9.17) is 11.5 Å². The lowest BCUT2D eigenvalue weighted by atomic mass is 10.0. The average Bonchev–Trinajstić information content (AvgIpc) is 2.30. The van der Waals surface area contributed by atoms with Crippen LogP contribution in [0.3, 0.4) is 0 Å². The molecule has 0 bridgehead atoms. The van der Waals surface area contributed by atoms with Crippen molar-refractivity contribution in [3.05, 3.63) is 29.6 Å². The van der Waals surface area contributed by atoms with Gasteiger partial charge in [-0.15, -0.1) is 25.6 Å². The molecule has 0 aliphatic rings. The summed E-state index contributed by atoms with van der Waals surface area (Å²) in [5, 5.41) is 0. The number of unbranched alkanes of at least 4 members (excludes halogenated alkanes) is 1. The molecule has 0 spiro atoms. The lowest BCUT2D eigenvalue weighted by Gasteiger charge is -2.14. The molecule has 0 heterocycles. The molecule has 1 aromatic carbocycles. The first-order valence-corrected chi connectivity index (χ1v) is 5.84. The maximum absolute atomic E-state index is 13.4. The van der Waals surface area contributed by atoms with Crippen LogP contribution in [-0.4, -0.2) is 12.9 Å². The monoisotopic (exact) mass is 316 g/mol. The Morgan fingerprint density at radius 3 is 2.35 bits per heavy atom. The third-order valence-electron chi connectivity index (χ3n) is 2.58. The second kappa shape index (κ2) is 8.28. The van der Waals surface area contributed by atoms with Gasteiger partial charge in [-0.05, 0) is 37.1 Å². The molecule has 20 heavy (non-hydrogen) atoms. The predicted octanol–water partition coefficient (Wildman–Crippen LogP) is 3.27. The Bertz CT molecular complexity index is 415. The van der Waals surface area contributed by atoms with Crippen molar-refractivity contribution in [2.45, 2.75) is 31.7 Å². The summed E-state index contributed by atoms with van der Waals surface area (Å²) in [5.41, 5.74) is 11.6. The van der Waals surface area contributed by atoms with Gasteiger partial charge in [-0.1, -0.05) is 12.5 Å². The third kappa shape index (κ3) is 6.40. The zero-order chi connectivity index (χ0) is 14.5. The molecule has 8 heteroatoms. The minimum atomic E-state index is -4.91. The summed E-state index contributed by atoms with van der Waals surface area (Å²) in [6, 6.07) is 2.80. The van der Waals surface area contributed by atoms with Crippen molar-refractivity contribution in [2.24, 2.45) is 11.5 Å². The second-order valence-corrected chi connectivity index (χ2v) is 4.13. The molecular weight excluding hydrogens is 300 g/mol. The van der Waals surface area contributed by atoms with Crippen LogP contribution in [0.4, 0.5) is 17.6 Å². The molecule has 1 rings (SSSR count). The number of benzene rings is 1. The van der Waals surface area contributed by atoms with Gasteiger partial charge in [-0.25, -0.2) is 4.39 Å². The molecule has 0 aliphatic heterocycles. The molecule has 1 atom stereocenters. The van der Waals surface area contributed by atoms with E-state index in [0.717, 1.165) is 25.0 Å². The third-order valence-corrected chi connectivity index (χ3v) is 2.58. The minimum Gasteiger partial charge on any atom is -0.403 e. The van der Waals surface area contributed by atoms with Gasteiger partial charge in [0.25, 0.3) is 0 Å². The summed E-state index contributed by atoms with van der Waals surface area (Å²) in [6.45, 7) is 0.541. The van der Waals surface area contributed by atoms with Crippen LogP contribution in [0.15, 0.2) is 18.2 Å². The number of halogens is 5. The molecule has 3 nitrogen and oxygen atoms in total. The van der Waals surface area contributed by atoms with Crippen molar-refractivity contribution in [2.75, 3.05) is 6.54 Å². The maximum atomic E-state index is 13.4. The number of rotatable bonds is 6. The molecular formula is C12H17ClF4N2O. The quantitative estimate of drug-likeness (QED) is 0.625. The van der Waals surface area contributed by atoms with E-state index >= 15 is 0 Å². The number of hydrogen-bond donors (Lipinski definition) is 2. The van der Waals surface area contributed by atoms with Gasteiger partial charge in [-0.3, -0.25) is 0 Å². The Morgan fingerprint density at radius 2 is 1.85 bits per heavy atom. The van der Waals surface area contributed by atoms with Crippen molar-refractivity contribution in [1.82, 2.24) is 0 Å². The Morgan fingerprint density at radius 1 is 1.20 bits per heavy atom. The molecule has 0 unspecified atom stereocenters. The fraction of sp³-hybridized carbons (Fsp3) is 0.500. The number of nitrogens with two attached hydrogens (primary N) is 2. The Kier molecular flexibility index (Phi) is 7.85. The maximum Gasteiger partial charge on any atom is 0.573 e. The van der Waals surface area contributed by atoms with E-state index < -0.39 is 24.0 Å². The van der Waals surface area contributed by atoms with Crippen LogP contribution in [0, 0.1) is 5.82 Å². The topological polar surface area (TPSA) is 61.3 Å². The first kappa shape index (κ1) is 18.9. The van der Waals surface area contributed by atoms with Gasteiger partial charge in [0.05, 0.1) is 0 Å². The molecule has 116 valence electrons. The largest absolute Gasteiger partial charge is 0.573 e. The van der Waals surface area contributed by atoms with Crippen LogP contribution >= 0.6 is 12.4 Å². The second-order valence-electron chi connectivity index (χ2n) is 4.13. The summed E-state index contributed by atoms with van der Waals surface area (Å²) in [5.74, 6) is -1.94. The molecule has 0 radical (unpaired) electrons. The lowest BCUT2D eigenvalue weighted by Crippen LogP contribution is -2.18. The summed E-state index contributed by atoms with van der Waals surface area (Å²) in [4.78, 5) is 0. The summed E-state index contributed by atoms with van der Waals surface area (Å²) < 4.78 is 52.8. The number of hydrogen-bond acceptors (Lipinski definition) is 3. The van der Waals surface area contributed by atoms with Crippen molar-refractivity contribution in [3.63, 3.8) is 0 Å². The minimum absolute atomic E-state index is 0. The Labute approximate surface area is 120 Å². The van der Waals surface area contributed by atoms with Crippen molar-refractivity contribution >= 4 is 12.4 Å². The van der Waals surface area contributed by atoms with Crippen molar-refractivity contribution in [1.29, 1.82) is 0 Å². The van der Waals surface area contributed by atoms with Gasteiger partial charge in [0.1, 0.15) is 0 Å². The zero-order valence-electron chi connectivity index (χ0n) is 10.6. The SMILES string of the molecule is Cl.NCCCC[C@@H](N)c1ccc(OC(F)(F)F)c(F)c1. The van der Waals surface area contributed by atoms with Crippen LogP contribution < -0.4 is 16.2 Å². The average molecular weight is 317 g/mol. The van der Waals surface area contributed by atoms with E-state index in [0.29, 0.717) is 18.5 Å². The highest BCUT2D eigenvalue weighted by atomic mass is 35.5. The predicted molar refractivity (Wildman–Crippen MR) is 70.2 cm³/mol. The van der Waals surface area contributed by atoms with Crippen molar-refractivity contribution in [3.8, 4) is 5.75 Å². The molecule has 0 aromatic heterocycles. The Balaban J connectivity index is 0.00000361. The molecule has 0 saturated carbocycles. The van der Waals surface area contributed by atoms with Gasteiger partial charge >= 0.3 is 6.36 Å². The van der Waals surface area contributed by atoms with E-state index in [9.17, 15) is 17.6 Å². The smallest absolute Gasteiger partial charge is 0.403 e. The first-order chi connectivity index (χ1) is 8.83. The van der Waals surface area contributed by atoms with Gasteiger partial charge in [0, 0.05) is 6.04 Å². The van der Waals surface area contributed by atoms with Gasteiger partial charge in [0.2, 0.25) is 0 Å². The number of alkyl halides is 3. The molecule has 1 aromatic rings. The number of ether oxygens (including phenoxy) is 1. The van der Waals surface area contributed by atoms with Crippen LogP contribution in [0.5, 0.6) is 5.75 Å². The molecule has 0 amide bonds. The van der Waals surface area contributed by atoms with Crippen LogP contribution in [0.25, 0.3) is 0 Å². The van der Waals surface area contributed by atoms with Gasteiger partial charge < -0.3 is 16.2 Å². The van der Waals surface area contributed by atoms with E-state index in [2.05, 4.69) is 4.74 Å². The van der Waals surface area contributed by atoms with Gasteiger partial charge in [0.15, 0.2) is 11.6 Å². The molecule has 0 fully saturated rings. The fourth-order valence-electron chi connectivity index (χ4n) is 1.63. The molecule has 0 saturated heterocycles. The van der Waals surface area contributed by atoms with Crippen LogP contribution in [0.1, 0.15) is 30.9 Å². The first-order valence-electron chi connectivity index (χ1n) is 5.84. The van der Waals surface area contributed by atoms with E-state index in [-0.39, 0.29) is 12.4 Å². The van der Waals surface area contributed by atoms with Crippen LogP contribution in [-0.2, 0) is 0 Å². The summed E-state index contributed by atoms with van der Waals surface area (Å²) in [6.07, 6.45) is -2.74.